The summed E-state index contributed by atoms with van der Waals surface area (Å²) in [4.78, 5) is 12.4. The maximum absolute atomic E-state index is 11.6. The molecule has 3 heteroatoms. The molecule has 13 heavy (non-hydrogen) atoms. The molecule has 1 heterocycles. The minimum atomic E-state index is 0.169. The van der Waals surface area contributed by atoms with Crippen LogP contribution in [0.2, 0.25) is 0 Å². The van der Waals surface area contributed by atoms with Gasteiger partial charge in [-0.1, -0.05) is 19.1 Å². The van der Waals surface area contributed by atoms with Gasteiger partial charge in [0.15, 0.2) is 5.78 Å². The average Bonchev–Trinajstić information content (AvgIpc) is 2.51. The van der Waals surface area contributed by atoms with Gasteiger partial charge in [-0.15, -0.1) is 11.3 Å². The van der Waals surface area contributed by atoms with Gasteiger partial charge in [-0.2, -0.15) is 0 Å². The molecule has 0 saturated heterocycles. The molecule has 70 valence electrons. The van der Waals surface area contributed by atoms with Crippen molar-refractivity contribution in [1.82, 2.24) is 0 Å². The van der Waals surface area contributed by atoms with Crippen molar-refractivity contribution in [3.63, 3.8) is 0 Å². The summed E-state index contributed by atoms with van der Waals surface area (Å²) in [6, 6.07) is 1.86. The zero-order valence-electron chi connectivity index (χ0n) is 7.47. The van der Waals surface area contributed by atoms with Crippen LogP contribution in [-0.4, -0.2) is 5.78 Å². The van der Waals surface area contributed by atoms with E-state index in [-0.39, 0.29) is 5.78 Å². The Morgan fingerprint density at radius 2 is 2.38 bits per heavy atom. The van der Waals surface area contributed by atoms with Crippen LogP contribution in [0.1, 0.15) is 29.4 Å². The van der Waals surface area contributed by atoms with Crippen LogP contribution >= 0.6 is 27.3 Å². The quantitative estimate of drug-likeness (QED) is 0.589. The van der Waals surface area contributed by atoms with E-state index in [9.17, 15) is 4.79 Å². The largest absolute Gasteiger partial charge is 0.293 e. The fraction of sp³-hybridized carbons (Fsp3) is 0.300. The Bertz CT molecular complexity index is 327. The van der Waals surface area contributed by atoms with Gasteiger partial charge in [0.2, 0.25) is 0 Å². The van der Waals surface area contributed by atoms with Gasteiger partial charge in [-0.05, 0) is 28.4 Å². The molecule has 0 aliphatic carbocycles. The summed E-state index contributed by atoms with van der Waals surface area (Å²) in [7, 11) is 0. The van der Waals surface area contributed by atoms with Crippen LogP contribution in [0.5, 0.6) is 0 Å². The summed E-state index contributed by atoms with van der Waals surface area (Å²) < 4.78 is 0.975. The SMILES string of the molecule is C=C(CC)CC(=O)c1cc(Br)cs1. The van der Waals surface area contributed by atoms with Crippen molar-refractivity contribution in [2.24, 2.45) is 0 Å². The van der Waals surface area contributed by atoms with E-state index < -0.39 is 0 Å². The molecular formula is C10H11BrOS. The molecule has 0 unspecified atom stereocenters. The monoisotopic (exact) mass is 258 g/mol. The van der Waals surface area contributed by atoms with E-state index in [1.165, 1.54) is 11.3 Å². The number of carbonyl (C=O) groups is 1. The molecule has 0 N–H and O–H groups in total. The van der Waals surface area contributed by atoms with Crippen LogP contribution in [0.4, 0.5) is 0 Å². The third-order valence-corrected chi connectivity index (χ3v) is 3.48. The van der Waals surface area contributed by atoms with Crippen LogP contribution in [-0.2, 0) is 0 Å². The number of hydrogen-bond donors (Lipinski definition) is 0. The third kappa shape index (κ3) is 3.08. The van der Waals surface area contributed by atoms with Crippen molar-refractivity contribution in [2.75, 3.05) is 0 Å². The number of rotatable bonds is 4. The third-order valence-electron chi connectivity index (χ3n) is 1.75. The molecule has 0 bridgehead atoms. The maximum Gasteiger partial charge on any atom is 0.176 e. The standard InChI is InChI=1S/C10H11BrOS/c1-3-7(2)4-9(12)10-5-8(11)6-13-10/h5-6H,2-4H2,1H3. The Balaban J connectivity index is 2.64. The van der Waals surface area contributed by atoms with Gasteiger partial charge >= 0.3 is 0 Å². The van der Waals surface area contributed by atoms with Crippen molar-refractivity contribution in [1.29, 1.82) is 0 Å². The average molecular weight is 259 g/mol. The predicted octanol–water partition coefficient (Wildman–Crippen LogP) is 4.05. The van der Waals surface area contributed by atoms with Crippen LogP contribution in [0.15, 0.2) is 28.1 Å². The zero-order chi connectivity index (χ0) is 9.84. The highest BCUT2D eigenvalue weighted by molar-refractivity contribution is 9.10. The molecule has 0 saturated carbocycles. The molecular weight excluding hydrogens is 248 g/mol. The van der Waals surface area contributed by atoms with Crippen LogP contribution in [0.25, 0.3) is 0 Å². The Morgan fingerprint density at radius 3 is 2.85 bits per heavy atom. The van der Waals surface area contributed by atoms with Crippen LogP contribution in [0, 0.1) is 0 Å². The van der Waals surface area contributed by atoms with E-state index in [0.717, 1.165) is 21.3 Å². The highest BCUT2D eigenvalue weighted by atomic mass is 79.9. The summed E-state index contributed by atoms with van der Waals surface area (Å²) in [5, 5.41) is 1.92. The van der Waals surface area contributed by atoms with Gasteiger partial charge in [0, 0.05) is 16.3 Å². The molecule has 0 aromatic carbocycles. The molecule has 0 aliphatic rings. The van der Waals surface area contributed by atoms with Gasteiger partial charge < -0.3 is 0 Å². The Kier molecular flexibility index (Phi) is 3.88. The highest BCUT2D eigenvalue weighted by Gasteiger charge is 2.08. The number of Topliss-reactive ketones (excluding diaryl/α,β-unsaturated/α-hetero) is 1. The van der Waals surface area contributed by atoms with E-state index in [2.05, 4.69) is 22.5 Å². The Labute approximate surface area is 90.6 Å². The number of allylic oxidation sites excluding steroid dienone is 1. The number of halogens is 1. The minimum Gasteiger partial charge on any atom is -0.293 e. The first kappa shape index (κ1) is 10.7. The lowest BCUT2D eigenvalue weighted by Crippen LogP contribution is -1.96. The van der Waals surface area contributed by atoms with Crippen molar-refractivity contribution >= 4 is 33.0 Å². The molecule has 1 rings (SSSR count). The van der Waals surface area contributed by atoms with Crippen molar-refractivity contribution < 1.29 is 4.79 Å². The molecule has 0 radical (unpaired) electrons. The first-order valence-electron chi connectivity index (χ1n) is 4.07. The van der Waals surface area contributed by atoms with E-state index >= 15 is 0 Å². The summed E-state index contributed by atoms with van der Waals surface area (Å²) in [6.45, 7) is 5.83. The van der Waals surface area contributed by atoms with Gasteiger partial charge in [0.1, 0.15) is 0 Å². The van der Waals surface area contributed by atoms with Gasteiger partial charge in [-0.25, -0.2) is 0 Å². The summed E-state index contributed by atoms with van der Waals surface area (Å²) in [5.74, 6) is 0.169. The normalized spacial score (nSPS) is 10.0. The molecule has 0 aliphatic heterocycles. The predicted molar refractivity (Wildman–Crippen MR) is 60.4 cm³/mol. The number of carbonyl (C=O) groups excluding carboxylic acids is 1. The van der Waals surface area contributed by atoms with E-state index in [1.807, 2.05) is 18.4 Å². The lowest BCUT2D eigenvalue weighted by molar-refractivity contribution is 0.0996. The molecule has 1 nitrogen and oxygen atoms in total. The fourth-order valence-electron chi connectivity index (χ4n) is 0.898. The summed E-state index contributed by atoms with van der Waals surface area (Å²) >= 11 is 4.79. The fourth-order valence-corrected chi connectivity index (χ4v) is 2.27. The Hall–Kier alpha value is -0.410. The Morgan fingerprint density at radius 1 is 1.69 bits per heavy atom. The maximum atomic E-state index is 11.6. The second kappa shape index (κ2) is 4.72. The molecule has 0 spiro atoms. The summed E-state index contributed by atoms with van der Waals surface area (Å²) in [6.07, 6.45) is 1.35. The lowest BCUT2D eigenvalue weighted by atomic mass is 10.1. The summed E-state index contributed by atoms with van der Waals surface area (Å²) in [5.41, 5.74) is 0.995. The first-order chi connectivity index (χ1) is 6.13. The van der Waals surface area contributed by atoms with Gasteiger partial charge in [0.05, 0.1) is 4.88 Å². The van der Waals surface area contributed by atoms with Crippen molar-refractivity contribution in [2.45, 2.75) is 19.8 Å². The number of hydrogen-bond acceptors (Lipinski definition) is 2. The van der Waals surface area contributed by atoms with Crippen molar-refractivity contribution in [3.8, 4) is 0 Å². The molecule has 0 atom stereocenters. The second-order valence-corrected chi connectivity index (χ2v) is 4.66. The zero-order valence-corrected chi connectivity index (χ0v) is 9.87. The number of thiophene rings is 1. The van der Waals surface area contributed by atoms with Crippen molar-refractivity contribution in [3.05, 3.63) is 32.9 Å². The molecule has 1 aromatic heterocycles. The van der Waals surface area contributed by atoms with E-state index in [0.29, 0.717) is 6.42 Å². The number of ketones is 1. The topological polar surface area (TPSA) is 17.1 Å². The van der Waals surface area contributed by atoms with Crippen LogP contribution in [0.3, 0.4) is 0 Å². The first-order valence-corrected chi connectivity index (χ1v) is 5.74. The minimum absolute atomic E-state index is 0.169. The smallest absolute Gasteiger partial charge is 0.176 e. The molecule has 0 amide bonds. The van der Waals surface area contributed by atoms with Crippen LogP contribution < -0.4 is 0 Å². The van der Waals surface area contributed by atoms with Gasteiger partial charge in [-0.3, -0.25) is 4.79 Å². The molecule has 1 aromatic rings. The van der Waals surface area contributed by atoms with E-state index in [1.54, 1.807) is 0 Å². The van der Waals surface area contributed by atoms with Gasteiger partial charge in [0.25, 0.3) is 0 Å². The molecule has 0 fully saturated rings. The highest BCUT2D eigenvalue weighted by Crippen LogP contribution is 2.22. The second-order valence-electron chi connectivity index (χ2n) is 2.83. The lowest BCUT2D eigenvalue weighted by Gasteiger charge is -1.98. The van der Waals surface area contributed by atoms with E-state index in [4.69, 9.17) is 0 Å².